The lowest BCUT2D eigenvalue weighted by atomic mass is 10.1. The first kappa shape index (κ1) is 18.8. The first-order chi connectivity index (χ1) is 9.88. The smallest absolute Gasteiger partial charge is 0.308 e. The van der Waals surface area contributed by atoms with Crippen molar-refractivity contribution in [3.63, 3.8) is 0 Å². The molecule has 5 nitrogen and oxygen atoms in total. The molecule has 0 bridgehead atoms. The van der Waals surface area contributed by atoms with Crippen molar-refractivity contribution >= 4 is 40.2 Å². The molecule has 1 atom stereocenters. The van der Waals surface area contributed by atoms with Crippen LogP contribution in [-0.4, -0.2) is 41.1 Å². The molecular formula is C15H19BrClNO4. The summed E-state index contributed by atoms with van der Waals surface area (Å²) in [6.45, 7) is 4.51. The molecule has 2 rings (SSSR count). The Bertz CT molecular complexity index is 564. The summed E-state index contributed by atoms with van der Waals surface area (Å²) >= 11 is 3.36. The van der Waals surface area contributed by atoms with E-state index in [9.17, 15) is 9.59 Å². The zero-order valence-corrected chi connectivity index (χ0v) is 14.8. The van der Waals surface area contributed by atoms with E-state index in [1.807, 2.05) is 13.8 Å². The molecule has 1 amide bonds. The zero-order chi connectivity index (χ0) is 15.6. The second-order valence-electron chi connectivity index (χ2n) is 5.38. The molecule has 122 valence electrons. The lowest BCUT2D eigenvalue weighted by Gasteiger charge is -2.19. The van der Waals surface area contributed by atoms with Gasteiger partial charge in [0.05, 0.1) is 17.6 Å². The predicted octanol–water partition coefficient (Wildman–Crippen LogP) is 3.20. The van der Waals surface area contributed by atoms with Crippen molar-refractivity contribution in [1.29, 1.82) is 0 Å². The molecule has 1 fully saturated rings. The minimum atomic E-state index is -0.847. The molecule has 1 aliphatic heterocycles. The molecular weight excluding hydrogens is 374 g/mol. The fraction of sp³-hybridized carbons (Fsp3) is 0.467. The molecule has 1 N–H and O–H groups in total. The first-order valence-corrected chi connectivity index (χ1v) is 7.66. The van der Waals surface area contributed by atoms with Crippen molar-refractivity contribution in [2.75, 3.05) is 13.1 Å². The van der Waals surface area contributed by atoms with Gasteiger partial charge in [0, 0.05) is 17.6 Å². The maximum Gasteiger partial charge on any atom is 0.308 e. The summed E-state index contributed by atoms with van der Waals surface area (Å²) < 4.78 is 6.52. The summed E-state index contributed by atoms with van der Waals surface area (Å²) in [5.41, 5.74) is 0.470. The number of halogens is 2. The van der Waals surface area contributed by atoms with E-state index in [1.54, 1.807) is 23.1 Å². The van der Waals surface area contributed by atoms with Gasteiger partial charge in [-0.3, -0.25) is 9.59 Å². The predicted molar refractivity (Wildman–Crippen MR) is 88.8 cm³/mol. The highest BCUT2D eigenvalue weighted by Gasteiger charge is 2.32. The minimum Gasteiger partial charge on any atom is -0.490 e. The average Bonchev–Trinajstić information content (AvgIpc) is 2.87. The van der Waals surface area contributed by atoms with Crippen molar-refractivity contribution in [3.05, 3.63) is 28.2 Å². The second kappa shape index (κ2) is 7.83. The minimum absolute atomic E-state index is 0. The number of aliphatic carboxylic acids is 1. The Labute approximate surface area is 144 Å². The van der Waals surface area contributed by atoms with Gasteiger partial charge in [-0.25, -0.2) is 0 Å². The SMILES string of the molecule is CC(C)Oc1cc(Br)ccc1C(=O)N1CCC(C(=O)O)C1.Cl. The van der Waals surface area contributed by atoms with Gasteiger partial charge in [0.1, 0.15) is 5.75 Å². The number of ether oxygens (including phenoxy) is 1. The summed E-state index contributed by atoms with van der Waals surface area (Å²) in [4.78, 5) is 25.1. The highest BCUT2D eigenvalue weighted by Crippen LogP contribution is 2.28. The van der Waals surface area contributed by atoms with Gasteiger partial charge in [0.15, 0.2) is 0 Å². The number of carbonyl (C=O) groups is 2. The largest absolute Gasteiger partial charge is 0.490 e. The topological polar surface area (TPSA) is 66.8 Å². The van der Waals surface area contributed by atoms with Crippen molar-refractivity contribution in [2.45, 2.75) is 26.4 Å². The van der Waals surface area contributed by atoms with Crippen LogP contribution in [0.25, 0.3) is 0 Å². The maximum absolute atomic E-state index is 12.6. The van der Waals surface area contributed by atoms with Crippen LogP contribution in [0.15, 0.2) is 22.7 Å². The number of benzene rings is 1. The number of hydrogen-bond donors (Lipinski definition) is 1. The number of carbonyl (C=O) groups excluding carboxylic acids is 1. The fourth-order valence-electron chi connectivity index (χ4n) is 2.34. The third kappa shape index (κ3) is 4.36. The van der Waals surface area contributed by atoms with Crippen LogP contribution in [0.3, 0.4) is 0 Å². The molecule has 0 spiro atoms. The van der Waals surface area contributed by atoms with E-state index < -0.39 is 11.9 Å². The molecule has 0 aromatic heterocycles. The van der Waals surface area contributed by atoms with Crippen LogP contribution in [0.1, 0.15) is 30.6 Å². The van der Waals surface area contributed by atoms with E-state index in [2.05, 4.69) is 15.9 Å². The number of hydrogen-bond acceptors (Lipinski definition) is 3. The van der Waals surface area contributed by atoms with Crippen LogP contribution in [-0.2, 0) is 4.79 Å². The third-order valence-corrected chi connectivity index (χ3v) is 3.85. The Balaban J connectivity index is 0.00000242. The Morgan fingerprint density at radius 2 is 2.09 bits per heavy atom. The molecule has 7 heteroatoms. The standard InChI is InChI=1S/C15H18BrNO4.ClH/c1-9(2)21-13-7-11(16)3-4-12(13)14(18)17-6-5-10(8-17)15(19)20;/h3-4,7,9-10H,5-6,8H2,1-2H3,(H,19,20);1H. The highest BCUT2D eigenvalue weighted by molar-refractivity contribution is 9.10. The lowest BCUT2D eigenvalue weighted by Crippen LogP contribution is -2.30. The number of nitrogens with zero attached hydrogens (tertiary/aromatic N) is 1. The van der Waals surface area contributed by atoms with Gasteiger partial charge in [-0.1, -0.05) is 15.9 Å². The molecule has 0 aliphatic carbocycles. The second-order valence-corrected chi connectivity index (χ2v) is 6.30. The molecule has 1 heterocycles. The molecule has 1 aromatic carbocycles. The van der Waals surface area contributed by atoms with E-state index in [-0.39, 0.29) is 31.0 Å². The van der Waals surface area contributed by atoms with Gasteiger partial charge >= 0.3 is 5.97 Å². The van der Waals surface area contributed by atoms with Gasteiger partial charge in [0.25, 0.3) is 5.91 Å². The van der Waals surface area contributed by atoms with Crippen LogP contribution in [0, 0.1) is 5.92 Å². The molecule has 1 saturated heterocycles. The Kier molecular flexibility index (Phi) is 6.68. The summed E-state index contributed by atoms with van der Waals surface area (Å²) in [7, 11) is 0. The Morgan fingerprint density at radius 3 is 2.64 bits per heavy atom. The molecule has 0 radical (unpaired) electrons. The van der Waals surface area contributed by atoms with Crippen LogP contribution < -0.4 is 4.74 Å². The van der Waals surface area contributed by atoms with Crippen molar-refractivity contribution in [2.24, 2.45) is 5.92 Å². The van der Waals surface area contributed by atoms with Crippen molar-refractivity contribution in [3.8, 4) is 5.75 Å². The quantitative estimate of drug-likeness (QED) is 0.854. The number of carboxylic acids is 1. The van der Waals surface area contributed by atoms with Crippen LogP contribution in [0.2, 0.25) is 0 Å². The molecule has 0 saturated carbocycles. The van der Waals surface area contributed by atoms with E-state index in [4.69, 9.17) is 9.84 Å². The van der Waals surface area contributed by atoms with Crippen LogP contribution in [0.5, 0.6) is 5.75 Å². The monoisotopic (exact) mass is 391 g/mol. The number of amides is 1. The number of rotatable bonds is 4. The number of carboxylic acid groups (broad SMARTS) is 1. The van der Waals surface area contributed by atoms with Crippen molar-refractivity contribution < 1.29 is 19.4 Å². The van der Waals surface area contributed by atoms with E-state index in [1.165, 1.54) is 0 Å². The normalized spacial score (nSPS) is 17.3. The van der Waals surface area contributed by atoms with Crippen molar-refractivity contribution in [1.82, 2.24) is 4.90 Å². The number of likely N-dealkylation sites (tertiary alicyclic amines) is 1. The lowest BCUT2D eigenvalue weighted by molar-refractivity contribution is -0.141. The van der Waals surface area contributed by atoms with E-state index >= 15 is 0 Å². The van der Waals surface area contributed by atoms with Gasteiger partial charge in [-0.15, -0.1) is 12.4 Å². The summed E-state index contributed by atoms with van der Waals surface area (Å²) in [5, 5.41) is 9.02. The summed E-state index contributed by atoms with van der Waals surface area (Å²) in [6.07, 6.45) is 0.453. The molecule has 22 heavy (non-hydrogen) atoms. The third-order valence-electron chi connectivity index (χ3n) is 3.36. The van der Waals surface area contributed by atoms with Gasteiger partial charge < -0.3 is 14.7 Å². The highest BCUT2D eigenvalue weighted by atomic mass is 79.9. The summed E-state index contributed by atoms with van der Waals surface area (Å²) in [6, 6.07) is 5.25. The van der Waals surface area contributed by atoms with Crippen LogP contribution in [0.4, 0.5) is 0 Å². The zero-order valence-electron chi connectivity index (χ0n) is 12.4. The Morgan fingerprint density at radius 1 is 1.41 bits per heavy atom. The molecule has 1 aromatic rings. The Hall–Kier alpha value is -1.27. The average molecular weight is 393 g/mol. The summed E-state index contributed by atoms with van der Waals surface area (Å²) in [5.74, 6) is -0.983. The van der Waals surface area contributed by atoms with Gasteiger partial charge in [-0.05, 0) is 38.5 Å². The molecule has 1 unspecified atom stereocenters. The van der Waals surface area contributed by atoms with Gasteiger partial charge in [0.2, 0.25) is 0 Å². The van der Waals surface area contributed by atoms with E-state index in [0.717, 1.165) is 4.47 Å². The maximum atomic E-state index is 12.6. The first-order valence-electron chi connectivity index (χ1n) is 6.86. The van der Waals surface area contributed by atoms with Gasteiger partial charge in [-0.2, -0.15) is 0 Å². The van der Waals surface area contributed by atoms with Crippen LogP contribution >= 0.6 is 28.3 Å². The van der Waals surface area contributed by atoms with E-state index in [0.29, 0.717) is 24.3 Å². The fourth-order valence-corrected chi connectivity index (χ4v) is 2.68. The molecule has 1 aliphatic rings.